The Bertz CT molecular complexity index is 367. The van der Waals surface area contributed by atoms with Gasteiger partial charge in [-0.15, -0.1) is 0 Å². The molecule has 0 heterocycles. The van der Waals surface area contributed by atoms with Gasteiger partial charge in [-0.2, -0.15) is 0 Å². The summed E-state index contributed by atoms with van der Waals surface area (Å²) in [4.78, 5) is 11.1. The average Bonchev–Trinajstić information content (AvgIpc) is 2.15. The first-order valence-corrected chi connectivity index (χ1v) is 4.99. The number of rotatable bonds is 1. The van der Waals surface area contributed by atoms with E-state index in [-0.39, 0.29) is 8.95 Å². The van der Waals surface area contributed by atoms with Crippen LogP contribution in [0.5, 0.6) is 0 Å². The van der Waals surface area contributed by atoms with Crippen molar-refractivity contribution in [1.82, 2.24) is 0 Å². The van der Waals surface area contributed by atoms with E-state index in [9.17, 15) is 13.6 Å². The van der Waals surface area contributed by atoms with Crippen LogP contribution < -0.4 is 0 Å². The molecule has 0 aliphatic rings. The highest BCUT2D eigenvalue weighted by Crippen LogP contribution is 2.29. The van der Waals surface area contributed by atoms with Crippen molar-refractivity contribution in [3.63, 3.8) is 0 Å². The third-order valence-corrected chi connectivity index (χ3v) is 2.85. The topological polar surface area (TPSA) is 26.3 Å². The molecule has 0 aromatic heterocycles. The Hall–Kier alpha value is -0.490. The van der Waals surface area contributed by atoms with Crippen LogP contribution in [0.4, 0.5) is 8.78 Å². The minimum atomic E-state index is -0.936. The van der Waals surface area contributed by atoms with Crippen LogP contribution in [0.2, 0.25) is 0 Å². The molecular formula is C8H4Br2F2O2. The van der Waals surface area contributed by atoms with E-state index in [1.54, 1.807) is 0 Å². The molecule has 14 heavy (non-hydrogen) atoms. The maximum absolute atomic E-state index is 13.3. The molecule has 0 aliphatic heterocycles. The lowest BCUT2D eigenvalue weighted by Crippen LogP contribution is -2.07. The number of carbonyl (C=O) groups excluding carboxylic acids is 1. The normalized spacial score (nSPS) is 10.1. The lowest BCUT2D eigenvalue weighted by molar-refractivity contribution is 0.0593. The smallest absolute Gasteiger partial charge is 0.342 e. The van der Waals surface area contributed by atoms with Crippen molar-refractivity contribution in [1.29, 1.82) is 0 Å². The zero-order valence-corrected chi connectivity index (χ0v) is 10.1. The number of hydrogen-bond acceptors (Lipinski definition) is 2. The molecule has 0 fully saturated rings. The molecule has 0 unspecified atom stereocenters. The van der Waals surface area contributed by atoms with E-state index >= 15 is 0 Å². The summed E-state index contributed by atoms with van der Waals surface area (Å²) >= 11 is 5.55. The van der Waals surface area contributed by atoms with Gasteiger partial charge >= 0.3 is 5.97 Å². The average molecular weight is 330 g/mol. The lowest BCUT2D eigenvalue weighted by Gasteiger charge is -2.06. The maximum Gasteiger partial charge on any atom is 0.342 e. The summed E-state index contributed by atoms with van der Waals surface area (Å²) in [5, 5.41) is 0. The fourth-order valence-electron chi connectivity index (χ4n) is 0.854. The van der Waals surface area contributed by atoms with Crippen molar-refractivity contribution < 1.29 is 18.3 Å². The van der Waals surface area contributed by atoms with Gasteiger partial charge < -0.3 is 4.74 Å². The van der Waals surface area contributed by atoms with E-state index < -0.39 is 23.2 Å². The molecule has 6 heteroatoms. The second-order valence-corrected chi connectivity index (χ2v) is 3.98. The van der Waals surface area contributed by atoms with E-state index in [1.165, 1.54) is 0 Å². The minimum absolute atomic E-state index is 0.126. The van der Waals surface area contributed by atoms with E-state index in [2.05, 4.69) is 36.6 Å². The Labute approximate surface area is 95.5 Å². The fourth-order valence-corrected chi connectivity index (χ4v) is 1.70. The standard InChI is InChI=1S/C8H4Br2F2O2/c1-14-8(13)5-6(10)4(11)2-3(9)7(5)12/h2H,1H3. The van der Waals surface area contributed by atoms with Crippen LogP contribution in [0.3, 0.4) is 0 Å². The molecule has 0 amide bonds. The molecule has 0 radical (unpaired) electrons. The summed E-state index contributed by atoms with van der Waals surface area (Å²) in [6.45, 7) is 0. The predicted octanol–water partition coefficient (Wildman–Crippen LogP) is 3.28. The summed E-state index contributed by atoms with van der Waals surface area (Å²) in [7, 11) is 1.09. The SMILES string of the molecule is COC(=O)c1c(F)c(Br)cc(F)c1Br. The van der Waals surface area contributed by atoms with E-state index in [4.69, 9.17) is 0 Å². The number of esters is 1. The van der Waals surface area contributed by atoms with Crippen LogP contribution in [0.15, 0.2) is 15.0 Å². The minimum Gasteiger partial charge on any atom is -0.465 e. The Morgan fingerprint density at radius 3 is 2.50 bits per heavy atom. The quantitative estimate of drug-likeness (QED) is 0.584. The first-order valence-electron chi connectivity index (χ1n) is 3.40. The lowest BCUT2D eigenvalue weighted by atomic mass is 10.2. The van der Waals surface area contributed by atoms with Gasteiger partial charge in [0.05, 0.1) is 16.1 Å². The number of halogens is 4. The molecule has 0 bridgehead atoms. The summed E-state index contributed by atoms with van der Waals surface area (Å²) in [5.74, 6) is -2.53. The number of ether oxygens (including phenoxy) is 1. The van der Waals surface area contributed by atoms with Crippen LogP contribution in [0.1, 0.15) is 10.4 Å². The second kappa shape index (κ2) is 4.35. The number of benzene rings is 1. The fraction of sp³-hybridized carbons (Fsp3) is 0.125. The molecular weight excluding hydrogens is 326 g/mol. The molecule has 1 aromatic rings. The number of methoxy groups -OCH3 is 1. The molecule has 1 aromatic carbocycles. The Morgan fingerprint density at radius 2 is 2.00 bits per heavy atom. The van der Waals surface area contributed by atoms with Crippen LogP contribution in [-0.4, -0.2) is 13.1 Å². The van der Waals surface area contributed by atoms with Crippen molar-refractivity contribution in [2.24, 2.45) is 0 Å². The van der Waals surface area contributed by atoms with E-state index in [0.29, 0.717) is 0 Å². The third-order valence-electron chi connectivity index (χ3n) is 1.50. The van der Waals surface area contributed by atoms with Crippen LogP contribution >= 0.6 is 31.9 Å². The van der Waals surface area contributed by atoms with Crippen molar-refractivity contribution in [2.75, 3.05) is 7.11 Å². The van der Waals surface area contributed by atoms with Gasteiger partial charge in [0.1, 0.15) is 11.4 Å². The van der Waals surface area contributed by atoms with Gasteiger partial charge in [0.15, 0.2) is 5.82 Å². The van der Waals surface area contributed by atoms with Crippen molar-refractivity contribution in [3.05, 3.63) is 32.2 Å². The number of hydrogen-bond donors (Lipinski definition) is 0. The van der Waals surface area contributed by atoms with Gasteiger partial charge in [-0.05, 0) is 37.9 Å². The molecule has 2 nitrogen and oxygen atoms in total. The summed E-state index contributed by atoms with van der Waals surface area (Å²) < 4.78 is 30.3. The highest BCUT2D eigenvalue weighted by Gasteiger charge is 2.22. The summed E-state index contributed by atoms with van der Waals surface area (Å²) in [6.07, 6.45) is 0. The molecule has 0 atom stereocenters. The Morgan fingerprint density at radius 1 is 1.43 bits per heavy atom. The van der Waals surface area contributed by atoms with Gasteiger partial charge in [-0.25, -0.2) is 13.6 Å². The van der Waals surface area contributed by atoms with Crippen molar-refractivity contribution >= 4 is 37.8 Å². The zero-order chi connectivity index (χ0) is 10.9. The van der Waals surface area contributed by atoms with Gasteiger partial charge in [-0.3, -0.25) is 0 Å². The second-order valence-electron chi connectivity index (χ2n) is 2.33. The van der Waals surface area contributed by atoms with Gasteiger partial charge in [0.25, 0.3) is 0 Å². The maximum atomic E-state index is 13.3. The van der Waals surface area contributed by atoms with Crippen molar-refractivity contribution in [2.45, 2.75) is 0 Å². The first-order chi connectivity index (χ1) is 6.49. The molecule has 0 spiro atoms. The summed E-state index contributed by atoms with van der Waals surface area (Å²) in [6, 6.07) is 0.922. The Balaban J connectivity index is 3.47. The predicted molar refractivity (Wildman–Crippen MR) is 53.1 cm³/mol. The summed E-state index contributed by atoms with van der Waals surface area (Å²) in [5.41, 5.74) is -0.459. The van der Waals surface area contributed by atoms with Crippen LogP contribution in [-0.2, 0) is 4.74 Å². The largest absolute Gasteiger partial charge is 0.465 e. The Kier molecular flexibility index (Phi) is 3.60. The van der Waals surface area contributed by atoms with E-state index in [1.807, 2.05) is 0 Å². The molecule has 0 saturated carbocycles. The number of carbonyl (C=O) groups is 1. The van der Waals surface area contributed by atoms with E-state index in [0.717, 1.165) is 13.2 Å². The first kappa shape index (κ1) is 11.6. The highest BCUT2D eigenvalue weighted by molar-refractivity contribution is 9.11. The zero-order valence-electron chi connectivity index (χ0n) is 6.91. The highest BCUT2D eigenvalue weighted by atomic mass is 79.9. The molecule has 0 aliphatic carbocycles. The van der Waals surface area contributed by atoms with Gasteiger partial charge in [0, 0.05) is 0 Å². The van der Waals surface area contributed by atoms with Crippen LogP contribution in [0, 0.1) is 11.6 Å². The van der Waals surface area contributed by atoms with Gasteiger partial charge in [0.2, 0.25) is 0 Å². The molecule has 76 valence electrons. The monoisotopic (exact) mass is 328 g/mol. The third kappa shape index (κ3) is 1.95. The molecule has 0 saturated heterocycles. The van der Waals surface area contributed by atoms with Gasteiger partial charge in [-0.1, -0.05) is 0 Å². The molecule has 0 N–H and O–H groups in total. The van der Waals surface area contributed by atoms with Crippen LogP contribution in [0.25, 0.3) is 0 Å². The molecule has 1 rings (SSSR count). The van der Waals surface area contributed by atoms with Crippen molar-refractivity contribution in [3.8, 4) is 0 Å².